The largest absolute Gasteiger partial charge is 0.508 e. The second-order valence-electron chi connectivity index (χ2n) is 4.39. The van der Waals surface area contributed by atoms with Gasteiger partial charge in [-0.25, -0.2) is 0 Å². The number of phenolic OH excluding ortho intramolecular Hbond substituents is 1. The van der Waals surface area contributed by atoms with Gasteiger partial charge in [-0.05, 0) is 24.7 Å². The Morgan fingerprint density at radius 2 is 2.00 bits per heavy atom. The van der Waals surface area contributed by atoms with Gasteiger partial charge in [0, 0.05) is 26.2 Å². The second kappa shape index (κ2) is 5.59. The number of likely N-dealkylation sites (N-methyl/N-ethyl adjacent to an activating group) is 1. The third-order valence-corrected chi connectivity index (χ3v) is 3.62. The zero-order chi connectivity index (χ0) is 13.1. The summed E-state index contributed by atoms with van der Waals surface area (Å²) < 4.78 is 0. The van der Waals surface area contributed by atoms with Crippen LogP contribution < -0.4 is 0 Å². The van der Waals surface area contributed by atoms with Crippen LogP contribution in [-0.4, -0.2) is 53.5 Å². The fourth-order valence-corrected chi connectivity index (χ4v) is 2.31. The Kier molecular flexibility index (Phi) is 4.09. The molecule has 1 aromatic carbocycles. The van der Waals surface area contributed by atoms with Crippen molar-refractivity contribution < 1.29 is 9.90 Å². The number of amides is 1. The van der Waals surface area contributed by atoms with Crippen molar-refractivity contribution >= 4 is 17.5 Å². The number of phenols is 1. The number of benzene rings is 1. The summed E-state index contributed by atoms with van der Waals surface area (Å²) >= 11 is 6.00. The van der Waals surface area contributed by atoms with Crippen molar-refractivity contribution in [1.29, 1.82) is 0 Å². The summed E-state index contributed by atoms with van der Waals surface area (Å²) in [6.45, 7) is 6.31. The predicted octanol–water partition coefficient (Wildman–Crippen LogP) is 1.82. The van der Waals surface area contributed by atoms with E-state index in [0.29, 0.717) is 23.7 Å². The maximum absolute atomic E-state index is 12.3. The van der Waals surface area contributed by atoms with Gasteiger partial charge in [-0.2, -0.15) is 0 Å². The molecule has 18 heavy (non-hydrogen) atoms. The lowest BCUT2D eigenvalue weighted by atomic mass is 10.1. The first-order valence-corrected chi connectivity index (χ1v) is 6.49. The molecule has 0 aromatic heterocycles. The van der Waals surface area contributed by atoms with Crippen LogP contribution in [0.4, 0.5) is 0 Å². The lowest BCUT2D eigenvalue weighted by Crippen LogP contribution is -2.48. The summed E-state index contributed by atoms with van der Waals surface area (Å²) in [6.07, 6.45) is 0. The van der Waals surface area contributed by atoms with Crippen molar-refractivity contribution in [3.8, 4) is 5.75 Å². The highest BCUT2D eigenvalue weighted by Gasteiger charge is 2.23. The normalized spacial score (nSPS) is 16.9. The van der Waals surface area contributed by atoms with E-state index in [1.807, 2.05) is 0 Å². The number of piperazine rings is 1. The standard InChI is InChI=1S/C13H17ClN2O2/c1-2-15-5-7-16(8-6-15)13(18)11-9-10(17)3-4-12(11)14/h3-4,9,17H,2,5-8H2,1H3. The topological polar surface area (TPSA) is 43.8 Å². The average Bonchev–Trinajstić information content (AvgIpc) is 2.41. The summed E-state index contributed by atoms with van der Waals surface area (Å²) in [5, 5.41) is 9.81. The van der Waals surface area contributed by atoms with Crippen molar-refractivity contribution in [3.63, 3.8) is 0 Å². The number of nitrogens with zero attached hydrogens (tertiary/aromatic N) is 2. The van der Waals surface area contributed by atoms with Crippen molar-refractivity contribution in [1.82, 2.24) is 9.80 Å². The molecule has 1 aliphatic heterocycles. The van der Waals surface area contributed by atoms with Crippen molar-refractivity contribution in [2.24, 2.45) is 0 Å². The number of carbonyl (C=O) groups excluding carboxylic acids is 1. The molecule has 4 nitrogen and oxygen atoms in total. The van der Waals surface area contributed by atoms with Gasteiger partial charge in [0.2, 0.25) is 0 Å². The SMILES string of the molecule is CCN1CCN(C(=O)c2cc(O)ccc2Cl)CC1. The second-order valence-corrected chi connectivity index (χ2v) is 4.80. The first-order chi connectivity index (χ1) is 8.61. The van der Waals surface area contributed by atoms with Crippen molar-refractivity contribution in [2.75, 3.05) is 32.7 Å². The Morgan fingerprint density at radius 1 is 1.33 bits per heavy atom. The van der Waals surface area contributed by atoms with Crippen LogP contribution in [0.15, 0.2) is 18.2 Å². The first-order valence-electron chi connectivity index (χ1n) is 6.12. The van der Waals surface area contributed by atoms with E-state index in [1.54, 1.807) is 11.0 Å². The van der Waals surface area contributed by atoms with Gasteiger partial charge >= 0.3 is 0 Å². The molecule has 1 heterocycles. The van der Waals surface area contributed by atoms with Gasteiger partial charge in [0.25, 0.3) is 5.91 Å². The maximum Gasteiger partial charge on any atom is 0.255 e. The average molecular weight is 269 g/mol. The van der Waals surface area contributed by atoms with Crippen LogP contribution in [0.25, 0.3) is 0 Å². The number of rotatable bonds is 2. The Balaban J connectivity index is 2.10. The van der Waals surface area contributed by atoms with Crippen LogP contribution in [0.2, 0.25) is 5.02 Å². The molecule has 1 saturated heterocycles. The lowest BCUT2D eigenvalue weighted by Gasteiger charge is -2.34. The molecule has 1 aliphatic rings. The molecule has 0 radical (unpaired) electrons. The van der Waals surface area contributed by atoms with Gasteiger partial charge in [-0.1, -0.05) is 18.5 Å². The Morgan fingerprint density at radius 3 is 2.61 bits per heavy atom. The van der Waals surface area contributed by atoms with Gasteiger partial charge in [0.05, 0.1) is 10.6 Å². The van der Waals surface area contributed by atoms with Crippen LogP contribution in [0.3, 0.4) is 0 Å². The quantitative estimate of drug-likeness (QED) is 0.890. The van der Waals surface area contributed by atoms with Crippen molar-refractivity contribution in [3.05, 3.63) is 28.8 Å². The fraction of sp³-hybridized carbons (Fsp3) is 0.462. The van der Waals surface area contributed by atoms with E-state index in [1.165, 1.54) is 12.1 Å². The molecule has 0 aliphatic carbocycles. The maximum atomic E-state index is 12.3. The number of hydrogen-bond acceptors (Lipinski definition) is 3. The number of halogens is 1. The zero-order valence-electron chi connectivity index (χ0n) is 10.4. The van der Waals surface area contributed by atoms with E-state index in [0.717, 1.165) is 19.6 Å². The summed E-state index contributed by atoms with van der Waals surface area (Å²) in [5.41, 5.74) is 0.376. The summed E-state index contributed by atoms with van der Waals surface area (Å²) in [7, 11) is 0. The molecule has 0 atom stereocenters. The third kappa shape index (κ3) is 2.76. The molecule has 1 N–H and O–H groups in total. The smallest absolute Gasteiger partial charge is 0.255 e. The Labute approximate surface area is 112 Å². The summed E-state index contributed by atoms with van der Waals surface area (Å²) in [6, 6.07) is 4.46. The minimum absolute atomic E-state index is 0.0648. The Bertz CT molecular complexity index is 443. The minimum atomic E-state index is -0.105. The monoisotopic (exact) mass is 268 g/mol. The zero-order valence-corrected chi connectivity index (χ0v) is 11.2. The molecular weight excluding hydrogens is 252 g/mol. The summed E-state index contributed by atoms with van der Waals surface area (Å²) in [5.74, 6) is -0.0402. The number of hydrogen-bond donors (Lipinski definition) is 1. The Hall–Kier alpha value is -1.26. The molecule has 1 amide bonds. The van der Waals surface area contributed by atoms with Gasteiger partial charge in [0.15, 0.2) is 0 Å². The highest BCUT2D eigenvalue weighted by Crippen LogP contribution is 2.23. The van der Waals surface area contributed by atoms with E-state index < -0.39 is 0 Å². The molecule has 0 unspecified atom stereocenters. The molecule has 1 aromatic rings. The molecule has 2 rings (SSSR count). The number of carbonyl (C=O) groups is 1. The molecular formula is C13H17ClN2O2. The molecule has 5 heteroatoms. The molecule has 0 spiro atoms. The van der Waals surface area contributed by atoms with Gasteiger partial charge in [-0.3, -0.25) is 4.79 Å². The van der Waals surface area contributed by atoms with Gasteiger partial charge in [0.1, 0.15) is 5.75 Å². The first kappa shape index (κ1) is 13.2. The van der Waals surface area contributed by atoms with E-state index in [4.69, 9.17) is 11.6 Å². The molecule has 98 valence electrons. The third-order valence-electron chi connectivity index (χ3n) is 3.29. The van der Waals surface area contributed by atoms with Crippen LogP contribution in [0.5, 0.6) is 5.75 Å². The number of aromatic hydroxyl groups is 1. The lowest BCUT2D eigenvalue weighted by molar-refractivity contribution is 0.0643. The van der Waals surface area contributed by atoms with Gasteiger partial charge < -0.3 is 14.9 Å². The van der Waals surface area contributed by atoms with Crippen LogP contribution >= 0.6 is 11.6 Å². The van der Waals surface area contributed by atoms with Gasteiger partial charge in [-0.15, -0.1) is 0 Å². The van der Waals surface area contributed by atoms with Crippen LogP contribution in [0.1, 0.15) is 17.3 Å². The molecule has 0 bridgehead atoms. The predicted molar refractivity (Wildman–Crippen MR) is 71.1 cm³/mol. The summed E-state index contributed by atoms with van der Waals surface area (Å²) in [4.78, 5) is 16.4. The minimum Gasteiger partial charge on any atom is -0.508 e. The highest BCUT2D eigenvalue weighted by atomic mass is 35.5. The van der Waals surface area contributed by atoms with Crippen LogP contribution in [0, 0.1) is 0 Å². The van der Waals surface area contributed by atoms with Crippen molar-refractivity contribution in [2.45, 2.75) is 6.92 Å². The van der Waals surface area contributed by atoms with E-state index in [9.17, 15) is 9.90 Å². The van der Waals surface area contributed by atoms with E-state index in [2.05, 4.69) is 11.8 Å². The van der Waals surface area contributed by atoms with E-state index >= 15 is 0 Å². The molecule has 0 saturated carbocycles. The van der Waals surface area contributed by atoms with E-state index in [-0.39, 0.29) is 11.7 Å². The van der Waals surface area contributed by atoms with Crippen LogP contribution in [-0.2, 0) is 0 Å². The molecule has 1 fully saturated rings. The fourth-order valence-electron chi connectivity index (χ4n) is 2.11. The highest BCUT2D eigenvalue weighted by molar-refractivity contribution is 6.33.